The van der Waals surface area contributed by atoms with E-state index in [0.717, 1.165) is 23.2 Å². The predicted molar refractivity (Wildman–Crippen MR) is 107 cm³/mol. The number of anilines is 1. The zero-order chi connectivity index (χ0) is 20.1. The molecule has 2 aromatic carbocycles. The standard InChI is InChI=1S/C21H20ClNO5/c1-3-15-6-4-5-13(2)20(15)23-18(24)11-26-19(25)8-7-14-9-16(22)21-17(10-14)27-12-28-21/h4-10H,3,11-12H2,1-2H3,(H,23,24)/b8-7+. The third-order valence-corrected chi connectivity index (χ3v) is 4.49. The first-order valence-corrected chi connectivity index (χ1v) is 9.18. The third kappa shape index (κ3) is 4.64. The molecule has 0 radical (unpaired) electrons. The molecular weight excluding hydrogens is 382 g/mol. The van der Waals surface area contributed by atoms with E-state index >= 15 is 0 Å². The van der Waals surface area contributed by atoms with E-state index in [4.69, 9.17) is 25.8 Å². The number of ether oxygens (including phenoxy) is 3. The second-order valence-electron chi connectivity index (χ2n) is 6.19. The van der Waals surface area contributed by atoms with Crippen LogP contribution in [-0.2, 0) is 20.7 Å². The SMILES string of the molecule is CCc1cccc(C)c1NC(=O)COC(=O)/C=C/c1cc(Cl)c2c(c1)OCO2. The molecule has 6 nitrogen and oxygen atoms in total. The molecule has 146 valence electrons. The molecule has 0 aromatic heterocycles. The maximum atomic E-state index is 12.1. The minimum absolute atomic E-state index is 0.111. The van der Waals surface area contributed by atoms with Crippen molar-refractivity contribution in [2.24, 2.45) is 0 Å². The van der Waals surface area contributed by atoms with Gasteiger partial charge in [0.05, 0.1) is 5.02 Å². The number of benzene rings is 2. The number of aryl methyl sites for hydroxylation is 2. The molecular formula is C21H20ClNO5. The predicted octanol–water partition coefficient (Wildman–Crippen LogP) is 4.13. The molecule has 0 unspecified atom stereocenters. The van der Waals surface area contributed by atoms with Crippen molar-refractivity contribution in [1.82, 2.24) is 0 Å². The number of hydrogen-bond acceptors (Lipinski definition) is 5. The molecule has 1 N–H and O–H groups in total. The fraction of sp³-hybridized carbons (Fsp3) is 0.238. The summed E-state index contributed by atoms with van der Waals surface area (Å²) in [6, 6.07) is 9.16. The van der Waals surface area contributed by atoms with E-state index in [1.807, 2.05) is 32.0 Å². The van der Waals surface area contributed by atoms with Crippen molar-refractivity contribution in [3.8, 4) is 11.5 Å². The summed E-state index contributed by atoms with van der Waals surface area (Å²) in [5, 5.41) is 3.20. The van der Waals surface area contributed by atoms with Gasteiger partial charge in [-0.25, -0.2) is 4.79 Å². The number of carbonyl (C=O) groups is 2. The van der Waals surface area contributed by atoms with Crippen molar-refractivity contribution in [3.63, 3.8) is 0 Å². The Bertz CT molecular complexity index is 939. The first kappa shape index (κ1) is 19.8. The van der Waals surface area contributed by atoms with Gasteiger partial charge in [0, 0.05) is 11.8 Å². The largest absolute Gasteiger partial charge is 0.454 e. The second-order valence-corrected chi connectivity index (χ2v) is 6.60. The number of hydrogen-bond donors (Lipinski definition) is 1. The number of fused-ring (bicyclic) bond motifs is 1. The van der Waals surface area contributed by atoms with Gasteiger partial charge >= 0.3 is 5.97 Å². The highest BCUT2D eigenvalue weighted by Crippen LogP contribution is 2.40. The van der Waals surface area contributed by atoms with Gasteiger partial charge in [0.2, 0.25) is 6.79 Å². The van der Waals surface area contributed by atoms with E-state index < -0.39 is 11.9 Å². The van der Waals surface area contributed by atoms with Crippen molar-refractivity contribution in [1.29, 1.82) is 0 Å². The number of rotatable bonds is 6. The van der Waals surface area contributed by atoms with Crippen LogP contribution in [-0.4, -0.2) is 25.3 Å². The van der Waals surface area contributed by atoms with Gasteiger partial charge in [-0.2, -0.15) is 0 Å². The van der Waals surface area contributed by atoms with Crippen LogP contribution in [0.3, 0.4) is 0 Å². The summed E-state index contributed by atoms with van der Waals surface area (Å²) >= 11 is 6.10. The van der Waals surface area contributed by atoms with Gasteiger partial charge in [-0.1, -0.05) is 36.7 Å². The van der Waals surface area contributed by atoms with Crippen LogP contribution in [0.4, 0.5) is 5.69 Å². The van der Waals surface area contributed by atoms with Crippen molar-refractivity contribution in [2.45, 2.75) is 20.3 Å². The topological polar surface area (TPSA) is 73.9 Å². The van der Waals surface area contributed by atoms with Crippen molar-refractivity contribution >= 4 is 35.2 Å². The Kier molecular flexibility index (Phi) is 6.21. The average molecular weight is 402 g/mol. The minimum Gasteiger partial charge on any atom is -0.454 e. The Morgan fingerprint density at radius 2 is 2.11 bits per heavy atom. The Balaban J connectivity index is 1.55. The van der Waals surface area contributed by atoms with E-state index in [1.165, 1.54) is 12.2 Å². The number of nitrogens with one attached hydrogen (secondary N) is 1. The summed E-state index contributed by atoms with van der Waals surface area (Å²) < 4.78 is 15.5. The number of para-hydroxylation sites is 1. The zero-order valence-corrected chi connectivity index (χ0v) is 16.3. The number of halogens is 1. The van der Waals surface area contributed by atoms with Crippen LogP contribution >= 0.6 is 11.6 Å². The molecule has 3 rings (SSSR count). The summed E-state index contributed by atoms with van der Waals surface area (Å²) in [5.74, 6) is -0.0214. The van der Waals surface area contributed by atoms with E-state index in [2.05, 4.69) is 5.32 Å². The fourth-order valence-corrected chi connectivity index (χ4v) is 3.08. The Labute approximate surface area is 168 Å². The lowest BCUT2D eigenvalue weighted by Gasteiger charge is -2.12. The summed E-state index contributed by atoms with van der Waals surface area (Å²) in [6.07, 6.45) is 3.55. The van der Waals surface area contributed by atoms with Crippen LogP contribution < -0.4 is 14.8 Å². The van der Waals surface area contributed by atoms with Crippen molar-refractivity contribution < 1.29 is 23.8 Å². The minimum atomic E-state index is -0.635. The molecule has 0 fully saturated rings. The van der Waals surface area contributed by atoms with Crippen LogP contribution in [0.25, 0.3) is 6.08 Å². The maximum Gasteiger partial charge on any atom is 0.331 e. The first-order chi connectivity index (χ1) is 13.5. The highest BCUT2D eigenvalue weighted by molar-refractivity contribution is 6.32. The summed E-state index contributed by atoms with van der Waals surface area (Å²) in [7, 11) is 0. The van der Waals surface area contributed by atoms with Gasteiger partial charge in [-0.05, 0) is 48.2 Å². The summed E-state index contributed by atoms with van der Waals surface area (Å²) in [6.45, 7) is 3.67. The smallest absolute Gasteiger partial charge is 0.331 e. The lowest BCUT2D eigenvalue weighted by molar-refractivity contribution is -0.142. The Morgan fingerprint density at radius 3 is 2.89 bits per heavy atom. The van der Waals surface area contributed by atoms with Crippen LogP contribution in [0.15, 0.2) is 36.4 Å². The number of carbonyl (C=O) groups excluding carboxylic acids is 2. The van der Waals surface area contributed by atoms with E-state index in [1.54, 1.807) is 12.1 Å². The molecule has 1 amide bonds. The van der Waals surface area contributed by atoms with Gasteiger partial charge < -0.3 is 19.5 Å². The highest BCUT2D eigenvalue weighted by atomic mass is 35.5. The van der Waals surface area contributed by atoms with Crippen LogP contribution in [0, 0.1) is 6.92 Å². The molecule has 2 aromatic rings. The molecule has 7 heteroatoms. The van der Waals surface area contributed by atoms with Gasteiger partial charge in [0.1, 0.15) is 0 Å². The van der Waals surface area contributed by atoms with Crippen molar-refractivity contribution in [2.75, 3.05) is 18.7 Å². The number of amides is 1. The molecule has 0 bridgehead atoms. The second kappa shape index (κ2) is 8.80. The Hall–Kier alpha value is -2.99. The quantitative estimate of drug-likeness (QED) is 0.581. The first-order valence-electron chi connectivity index (χ1n) is 8.80. The molecule has 1 heterocycles. The van der Waals surface area contributed by atoms with E-state index in [0.29, 0.717) is 22.1 Å². The van der Waals surface area contributed by atoms with Crippen LogP contribution in [0.2, 0.25) is 5.02 Å². The van der Waals surface area contributed by atoms with E-state index in [-0.39, 0.29) is 13.4 Å². The van der Waals surface area contributed by atoms with E-state index in [9.17, 15) is 9.59 Å². The lowest BCUT2D eigenvalue weighted by atomic mass is 10.1. The molecule has 1 aliphatic rings. The van der Waals surface area contributed by atoms with Crippen LogP contribution in [0.1, 0.15) is 23.6 Å². The lowest BCUT2D eigenvalue weighted by Crippen LogP contribution is -2.21. The Morgan fingerprint density at radius 1 is 1.29 bits per heavy atom. The monoisotopic (exact) mass is 401 g/mol. The highest BCUT2D eigenvalue weighted by Gasteiger charge is 2.17. The molecule has 0 atom stereocenters. The molecule has 1 aliphatic heterocycles. The third-order valence-electron chi connectivity index (χ3n) is 4.21. The van der Waals surface area contributed by atoms with Gasteiger partial charge in [0.15, 0.2) is 18.1 Å². The van der Waals surface area contributed by atoms with Gasteiger partial charge in [-0.3, -0.25) is 4.79 Å². The molecule has 0 saturated heterocycles. The molecule has 0 spiro atoms. The summed E-state index contributed by atoms with van der Waals surface area (Å²) in [5.41, 5.74) is 3.40. The molecule has 0 aliphatic carbocycles. The molecule has 28 heavy (non-hydrogen) atoms. The summed E-state index contributed by atoms with van der Waals surface area (Å²) in [4.78, 5) is 24.0. The van der Waals surface area contributed by atoms with Crippen LogP contribution in [0.5, 0.6) is 11.5 Å². The average Bonchev–Trinajstić information content (AvgIpc) is 3.15. The fourth-order valence-electron chi connectivity index (χ4n) is 2.81. The number of esters is 1. The van der Waals surface area contributed by atoms with Crippen molar-refractivity contribution in [3.05, 3.63) is 58.1 Å². The normalized spacial score (nSPS) is 12.2. The molecule has 0 saturated carbocycles. The maximum absolute atomic E-state index is 12.1. The zero-order valence-electron chi connectivity index (χ0n) is 15.6. The van der Waals surface area contributed by atoms with Gasteiger partial charge in [-0.15, -0.1) is 0 Å². The van der Waals surface area contributed by atoms with Gasteiger partial charge in [0.25, 0.3) is 5.91 Å².